The topological polar surface area (TPSA) is 58.0 Å². The molecule has 0 radical (unpaired) electrons. The van der Waals surface area contributed by atoms with E-state index in [1.807, 2.05) is 6.92 Å². The fraction of sp³-hybridized carbons (Fsp3) is 0.455. The third-order valence-corrected chi connectivity index (χ3v) is 4.00. The zero-order valence-electron chi connectivity index (χ0n) is 10.3. The maximum absolute atomic E-state index is 4.40. The molecule has 0 aliphatic carbocycles. The van der Waals surface area contributed by atoms with Gasteiger partial charge in [-0.15, -0.1) is 0 Å². The van der Waals surface area contributed by atoms with Gasteiger partial charge in [-0.1, -0.05) is 0 Å². The van der Waals surface area contributed by atoms with Crippen LogP contribution in [-0.2, 0) is 0 Å². The fourth-order valence-electron chi connectivity index (χ4n) is 1.93. The molecule has 1 fully saturated rings. The molecule has 0 unspecified atom stereocenters. The lowest BCUT2D eigenvalue weighted by Gasteiger charge is -2.44. The molecule has 3 rings (SSSR count). The lowest BCUT2D eigenvalue weighted by molar-refractivity contribution is 0.491. The molecule has 2 aromatic heterocycles. The molecule has 0 spiro atoms. The Bertz CT molecular complexity index is 521. The smallest absolute Gasteiger partial charge is 0.205 e. The van der Waals surface area contributed by atoms with Gasteiger partial charge in [0.25, 0.3) is 0 Å². The van der Waals surface area contributed by atoms with Crippen molar-refractivity contribution in [1.82, 2.24) is 19.3 Å². The number of hydrogen-bond donors (Lipinski definition) is 0. The van der Waals surface area contributed by atoms with Gasteiger partial charge in [0.15, 0.2) is 0 Å². The molecule has 0 N–H and O–H groups in total. The van der Waals surface area contributed by atoms with Crippen LogP contribution in [0.15, 0.2) is 18.6 Å². The maximum Gasteiger partial charge on any atom is 0.205 e. The SMILES string of the molecule is Cc1nsc(N(C)C2CN(c3cnccn3)C2)n1. The van der Waals surface area contributed by atoms with Crippen molar-refractivity contribution >= 4 is 22.5 Å². The Morgan fingerprint density at radius 2 is 2.22 bits per heavy atom. The molecule has 1 aliphatic rings. The number of aryl methyl sites for hydroxylation is 1. The average molecular weight is 262 g/mol. The molecule has 7 heteroatoms. The Hall–Kier alpha value is -1.76. The Morgan fingerprint density at radius 3 is 2.83 bits per heavy atom. The highest BCUT2D eigenvalue weighted by molar-refractivity contribution is 7.09. The minimum absolute atomic E-state index is 0.472. The predicted molar refractivity (Wildman–Crippen MR) is 71.1 cm³/mol. The number of aromatic nitrogens is 4. The molecular weight excluding hydrogens is 248 g/mol. The Kier molecular flexibility index (Phi) is 2.83. The first-order valence-corrected chi connectivity index (χ1v) is 6.55. The first kappa shape index (κ1) is 11.3. The highest BCUT2D eigenvalue weighted by Gasteiger charge is 2.32. The van der Waals surface area contributed by atoms with Crippen molar-refractivity contribution in [3.8, 4) is 0 Å². The summed E-state index contributed by atoms with van der Waals surface area (Å²) in [6, 6.07) is 0.472. The van der Waals surface area contributed by atoms with Gasteiger partial charge in [0.05, 0.1) is 12.2 Å². The second-order valence-corrected chi connectivity index (χ2v) is 5.09. The molecule has 0 atom stereocenters. The second kappa shape index (κ2) is 4.49. The van der Waals surface area contributed by atoms with Crippen LogP contribution in [0, 0.1) is 6.92 Å². The molecule has 0 aromatic carbocycles. The Labute approximate surface area is 109 Å². The van der Waals surface area contributed by atoms with E-state index in [1.54, 1.807) is 18.6 Å². The fourth-order valence-corrected chi connectivity index (χ4v) is 2.63. The van der Waals surface area contributed by atoms with E-state index in [0.717, 1.165) is 29.9 Å². The molecule has 6 nitrogen and oxygen atoms in total. The van der Waals surface area contributed by atoms with Crippen molar-refractivity contribution in [2.45, 2.75) is 13.0 Å². The molecule has 18 heavy (non-hydrogen) atoms. The molecular formula is C11H14N6S. The van der Waals surface area contributed by atoms with Gasteiger partial charge in [0.2, 0.25) is 5.13 Å². The van der Waals surface area contributed by atoms with Gasteiger partial charge in [0.1, 0.15) is 11.6 Å². The summed E-state index contributed by atoms with van der Waals surface area (Å²) in [7, 11) is 2.07. The van der Waals surface area contributed by atoms with Crippen molar-refractivity contribution in [1.29, 1.82) is 0 Å². The van der Waals surface area contributed by atoms with E-state index in [2.05, 4.69) is 36.2 Å². The number of rotatable bonds is 3. The normalized spacial score (nSPS) is 15.6. The number of likely N-dealkylation sites (N-methyl/N-ethyl adjacent to an activating group) is 1. The van der Waals surface area contributed by atoms with Gasteiger partial charge in [-0.25, -0.2) is 9.97 Å². The van der Waals surface area contributed by atoms with E-state index >= 15 is 0 Å². The molecule has 0 amide bonds. The number of hydrogen-bond acceptors (Lipinski definition) is 7. The first-order valence-electron chi connectivity index (χ1n) is 5.78. The summed E-state index contributed by atoms with van der Waals surface area (Å²) in [6.07, 6.45) is 5.21. The van der Waals surface area contributed by atoms with E-state index < -0.39 is 0 Å². The molecule has 0 bridgehead atoms. The minimum atomic E-state index is 0.472. The number of anilines is 2. The van der Waals surface area contributed by atoms with E-state index in [1.165, 1.54) is 11.5 Å². The minimum Gasteiger partial charge on any atom is -0.351 e. The van der Waals surface area contributed by atoms with E-state index in [4.69, 9.17) is 0 Å². The van der Waals surface area contributed by atoms with Gasteiger partial charge in [0, 0.05) is 44.1 Å². The van der Waals surface area contributed by atoms with Crippen molar-refractivity contribution in [3.63, 3.8) is 0 Å². The van der Waals surface area contributed by atoms with Crippen molar-refractivity contribution in [2.24, 2.45) is 0 Å². The van der Waals surface area contributed by atoms with Gasteiger partial charge in [-0.2, -0.15) is 4.37 Å². The standard InChI is InChI=1S/C11H14N6S/c1-8-14-11(18-15-8)16(2)9-6-17(7-9)10-5-12-3-4-13-10/h3-5,9H,6-7H2,1-2H3. The Balaban J connectivity index is 1.62. The molecule has 0 saturated carbocycles. The molecule has 1 saturated heterocycles. The van der Waals surface area contributed by atoms with Gasteiger partial charge >= 0.3 is 0 Å². The summed E-state index contributed by atoms with van der Waals surface area (Å²) in [5, 5.41) is 0.983. The average Bonchev–Trinajstić information content (AvgIpc) is 2.75. The van der Waals surface area contributed by atoms with E-state index in [-0.39, 0.29) is 0 Å². The summed E-state index contributed by atoms with van der Waals surface area (Å²) in [5.74, 6) is 1.78. The van der Waals surface area contributed by atoms with Gasteiger partial charge < -0.3 is 9.80 Å². The highest BCUT2D eigenvalue weighted by Crippen LogP contribution is 2.25. The van der Waals surface area contributed by atoms with E-state index in [0.29, 0.717) is 6.04 Å². The summed E-state index contributed by atoms with van der Waals surface area (Å²) in [6.45, 7) is 3.82. The van der Waals surface area contributed by atoms with Crippen LogP contribution < -0.4 is 9.80 Å². The van der Waals surface area contributed by atoms with Gasteiger partial charge in [-0.05, 0) is 6.92 Å². The first-order chi connectivity index (χ1) is 8.74. The van der Waals surface area contributed by atoms with Crippen LogP contribution in [0.25, 0.3) is 0 Å². The zero-order chi connectivity index (χ0) is 12.5. The predicted octanol–water partition coefficient (Wildman–Crippen LogP) is 0.962. The lowest BCUT2D eigenvalue weighted by Crippen LogP contribution is -2.59. The zero-order valence-corrected chi connectivity index (χ0v) is 11.1. The molecule has 3 heterocycles. The third kappa shape index (κ3) is 2.01. The largest absolute Gasteiger partial charge is 0.351 e. The van der Waals surface area contributed by atoms with Crippen LogP contribution in [0.4, 0.5) is 10.9 Å². The van der Waals surface area contributed by atoms with Crippen LogP contribution in [0.5, 0.6) is 0 Å². The lowest BCUT2D eigenvalue weighted by atomic mass is 10.1. The molecule has 2 aromatic rings. The van der Waals surface area contributed by atoms with Crippen molar-refractivity contribution in [3.05, 3.63) is 24.4 Å². The molecule has 1 aliphatic heterocycles. The summed E-state index contributed by atoms with van der Waals surface area (Å²) in [4.78, 5) is 17.2. The van der Waals surface area contributed by atoms with Gasteiger partial charge in [-0.3, -0.25) is 4.98 Å². The van der Waals surface area contributed by atoms with E-state index in [9.17, 15) is 0 Å². The summed E-state index contributed by atoms with van der Waals surface area (Å²) >= 11 is 1.45. The third-order valence-electron chi connectivity index (χ3n) is 3.10. The van der Waals surface area contributed by atoms with Crippen molar-refractivity contribution < 1.29 is 0 Å². The quantitative estimate of drug-likeness (QED) is 0.821. The van der Waals surface area contributed by atoms with Crippen LogP contribution in [0.2, 0.25) is 0 Å². The highest BCUT2D eigenvalue weighted by atomic mass is 32.1. The second-order valence-electron chi connectivity index (χ2n) is 4.36. The van der Waals surface area contributed by atoms with Crippen LogP contribution in [0.3, 0.4) is 0 Å². The maximum atomic E-state index is 4.40. The summed E-state index contributed by atoms with van der Waals surface area (Å²) in [5.41, 5.74) is 0. The van der Waals surface area contributed by atoms with Crippen LogP contribution in [-0.4, -0.2) is 45.5 Å². The van der Waals surface area contributed by atoms with Crippen LogP contribution >= 0.6 is 11.5 Å². The van der Waals surface area contributed by atoms with Crippen molar-refractivity contribution in [2.75, 3.05) is 29.9 Å². The summed E-state index contributed by atoms with van der Waals surface area (Å²) < 4.78 is 4.21. The number of nitrogens with zero attached hydrogens (tertiary/aromatic N) is 6. The monoisotopic (exact) mass is 262 g/mol. The molecule has 94 valence electrons. The Morgan fingerprint density at radius 1 is 1.39 bits per heavy atom. The van der Waals surface area contributed by atoms with Crippen LogP contribution in [0.1, 0.15) is 5.82 Å².